The Morgan fingerprint density at radius 2 is 1.54 bits per heavy atom. The van der Waals surface area contributed by atoms with Crippen molar-refractivity contribution in [2.24, 2.45) is 5.41 Å². The van der Waals surface area contributed by atoms with Crippen LogP contribution in [0.25, 0.3) is 0 Å². The van der Waals surface area contributed by atoms with Crippen molar-refractivity contribution in [3.63, 3.8) is 0 Å². The van der Waals surface area contributed by atoms with Crippen LogP contribution in [0.15, 0.2) is 48.5 Å². The third-order valence-electron chi connectivity index (χ3n) is 6.80. The molecule has 188 valence electrons. The molecule has 2 heterocycles. The lowest BCUT2D eigenvalue weighted by Crippen LogP contribution is -2.52. The van der Waals surface area contributed by atoms with Crippen LogP contribution in [0, 0.1) is 17.0 Å². The molecule has 2 aromatic rings. The molecule has 2 fully saturated rings. The van der Waals surface area contributed by atoms with Crippen LogP contribution in [0.2, 0.25) is 0 Å². The molecule has 0 bridgehead atoms. The zero-order valence-electron chi connectivity index (χ0n) is 19.9. The number of aryl methyl sites for hydroxylation is 1. The Bertz CT molecular complexity index is 993. The summed E-state index contributed by atoms with van der Waals surface area (Å²) in [7, 11) is 0. The number of carbonyl (C=O) groups excluding carboxylic acids is 2. The molecule has 1 atom stereocenters. The van der Waals surface area contributed by atoms with Crippen molar-refractivity contribution in [1.82, 2.24) is 9.80 Å². The first kappa shape index (κ1) is 25.1. The van der Waals surface area contributed by atoms with Gasteiger partial charge < -0.3 is 19.3 Å². The number of hydrogen-bond acceptors (Lipinski definition) is 4. The summed E-state index contributed by atoms with van der Waals surface area (Å²) in [5.41, 5.74) is 0.373. The van der Waals surface area contributed by atoms with Gasteiger partial charge in [0, 0.05) is 44.4 Å². The van der Waals surface area contributed by atoms with E-state index in [1.165, 1.54) is 24.3 Å². The van der Waals surface area contributed by atoms with Gasteiger partial charge in [0.15, 0.2) is 0 Å². The summed E-state index contributed by atoms with van der Waals surface area (Å²) >= 11 is 0. The molecule has 0 saturated carbocycles. The number of rotatable bonds is 8. The van der Waals surface area contributed by atoms with E-state index in [1.807, 2.05) is 9.80 Å². The summed E-state index contributed by atoms with van der Waals surface area (Å²) in [6, 6.07) is 12.0. The second-order valence-electron chi connectivity index (χ2n) is 9.46. The molecule has 2 aromatic carbocycles. The van der Waals surface area contributed by atoms with E-state index in [0.717, 1.165) is 18.4 Å². The minimum atomic E-state index is -0.534. The van der Waals surface area contributed by atoms with Gasteiger partial charge in [-0.2, -0.15) is 0 Å². The number of likely N-dealkylation sites (tertiary alicyclic amines) is 1. The lowest BCUT2D eigenvalue weighted by Gasteiger charge is -2.43. The Balaban J connectivity index is 1.43. The maximum absolute atomic E-state index is 13.3. The third-order valence-corrected chi connectivity index (χ3v) is 6.80. The predicted octanol–water partition coefficient (Wildman–Crippen LogP) is 3.83. The number of piperidine rings is 1. The van der Waals surface area contributed by atoms with Crippen LogP contribution < -0.4 is 4.74 Å². The Labute approximate surface area is 204 Å². The van der Waals surface area contributed by atoms with Crippen molar-refractivity contribution in [2.45, 2.75) is 32.1 Å². The first-order chi connectivity index (χ1) is 16.9. The molecule has 2 aliphatic rings. The number of ether oxygens (including phenoxy) is 2. The van der Waals surface area contributed by atoms with E-state index >= 15 is 0 Å². The molecule has 0 aromatic heterocycles. The SMILES string of the molecule is O=C(C[C@@]1(COc2ccc(F)cc2)CCCN(C(=O)CCc2ccc(F)cc2)C1)N1CCOCC1. The highest BCUT2D eigenvalue weighted by Crippen LogP contribution is 2.36. The van der Waals surface area contributed by atoms with Gasteiger partial charge in [-0.3, -0.25) is 9.59 Å². The number of carbonyl (C=O) groups is 2. The maximum atomic E-state index is 13.3. The van der Waals surface area contributed by atoms with Crippen molar-refractivity contribution in [3.8, 4) is 5.75 Å². The summed E-state index contributed by atoms with van der Waals surface area (Å²) in [5.74, 6) is -0.0582. The number of benzene rings is 2. The molecule has 0 radical (unpaired) electrons. The lowest BCUT2D eigenvalue weighted by molar-refractivity contribution is -0.143. The molecule has 2 amide bonds. The lowest BCUT2D eigenvalue weighted by atomic mass is 9.77. The van der Waals surface area contributed by atoms with Crippen LogP contribution in [-0.4, -0.2) is 67.6 Å². The van der Waals surface area contributed by atoms with Crippen molar-refractivity contribution in [2.75, 3.05) is 46.0 Å². The van der Waals surface area contributed by atoms with Gasteiger partial charge in [-0.15, -0.1) is 0 Å². The average molecular weight is 487 g/mol. The molecule has 2 saturated heterocycles. The number of morpholine rings is 1. The number of halogens is 2. The van der Waals surface area contributed by atoms with Crippen LogP contribution in [0.4, 0.5) is 8.78 Å². The molecule has 0 N–H and O–H groups in total. The van der Waals surface area contributed by atoms with E-state index in [0.29, 0.717) is 58.0 Å². The summed E-state index contributed by atoms with van der Waals surface area (Å²) < 4.78 is 37.9. The van der Waals surface area contributed by atoms with Gasteiger partial charge in [0.25, 0.3) is 0 Å². The number of hydrogen-bond donors (Lipinski definition) is 0. The van der Waals surface area contributed by atoms with E-state index in [9.17, 15) is 18.4 Å². The molecule has 6 nitrogen and oxygen atoms in total. The molecular formula is C27H32F2N2O4. The fourth-order valence-corrected chi connectivity index (χ4v) is 4.81. The average Bonchev–Trinajstić information content (AvgIpc) is 2.88. The molecule has 8 heteroatoms. The first-order valence-corrected chi connectivity index (χ1v) is 12.2. The van der Waals surface area contributed by atoms with E-state index in [-0.39, 0.29) is 36.5 Å². The molecule has 0 aliphatic carbocycles. The van der Waals surface area contributed by atoms with Crippen molar-refractivity contribution in [3.05, 3.63) is 65.7 Å². The highest BCUT2D eigenvalue weighted by Gasteiger charge is 2.41. The van der Waals surface area contributed by atoms with Gasteiger partial charge in [0.1, 0.15) is 17.4 Å². The minimum absolute atomic E-state index is 0.0130. The second kappa shape index (κ2) is 11.6. The standard InChI is InChI=1S/C27H32F2N2O4/c28-22-5-2-21(3-6-22)4-11-25(32)31-13-1-12-27(19-31,18-26(33)30-14-16-34-17-15-30)20-35-24-9-7-23(29)8-10-24/h2-3,5-10H,1,4,11-20H2/t27-/m0/s1. The molecule has 35 heavy (non-hydrogen) atoms. The highest BCUT2D eigenvalue weighted by molar-refractivity contribution is 5.78. The quantitative estimate of drug-likeness (QED) is 0.569. The fraction of sp³-hybridized carbons (Fsp3) is 0.481. The van der Waals surface area contributed by atoms with E-state index in [4.69, 9.17) is 9.47 Å². The van der Waals surface area contributed by atoms with Gasteiger partial charge in [-0.25, -0.2) is 8.78 Å². The zero-order chi connectivity index (χ0) is 24.7. The van der Waals surface area contributed by atoms with Crippen LogP contribution in [0.3, 0.4) is 0 Å². The number of nitrogens with zero attached hydrogens (tertiary/aromatic N) is 2. The molecule has 4 rings (SSSR count). The van der Waals surface area contributed by atoms with Gasteiger partial charge in [-0.05, 0) is 61.2 Å². The normalized spacial score (nSPS) is 20.5. The monoisotopic (exact) mass is 486 g/mol. The van der Waals surface area contributed by atoms with Gasteiger partial charge >= 0.3 is 0 Å². The smallest absolute Gasteiger partial charge is 0.223 e. The molecule has 0 spiro atoms. The van der Waals surface area contributed by atoms with Gasteiger partial charge in [0.05, 0.1) is 19.8 Å². The summed E-state index contributed by atoms with van der Waals surface area (Å²) in [4.78, 5) is 29.9. The van der Waals surface area contributed by atoms with Crippen molar-refractivity contribution < 1.29 is 27.8 Å². The Morgan fingerprint density at radius 3 is 2.23 bits per heavy atom. The third kappa shape index (κ3) is 7.01. The maximum Gasteiger partial charge on any atom is 0.223 e. The van der Waals surface area contributed by atoms with E-state index < -0.39 is 5.41 Å². The van der Waals surface area contributed by atoms with Crippen LogP contribution in [0.5, 0.6) is 5.75 Å². The van der Waals surface area contributed by atoms with Crippen LogP contribution >= 0.6 is 0 Å². The van der Waals surface area contributed by atoms with Crippen LogP contribution in [0.1, 0.15) is 31.2 Å². The first-order valence-electron chi connectivity index (χ1n) is 12.2. The molecule has 0 unspecified atom stereocenters. The van der Waals surface area contributed by atoms with Crippen LogP contribution in [-0.2, 0) is 20.7 Å². The topological polar surface area (TPSA) is 59.1 Å². The molecular weight excluding hydrogens is 454 g/mol. The van der Waals surface area contributed by atoms with E-state index in [1.54, 1.807) is 24.3 Å². The summed E-state index contributed by atoms with van der Waals surface area (Å²) in [5, 5.41) is 0. The second-order valence-corrected chi connectivity index (χ2v) is 9.46. The highest BCUT2D eigenvalue weighted by atomic mass is 19.1. The Morgan fingerprint density at radius 1 is 0.886 bits per heavy atom. The summed E-state index contributed by atoms with van der Waals surface area (Å²) in [6.07, 6.45) is 2.65. The minimum Gasteiger partial charge on any atom is -0.493 e. The van der Waals surface area contributed by atoms with Crippen molar-refractivity contribution in [1.29, 1.82) is 0 Å². The Hall–Kier alpha value is -3.00. The predicted molar refractivity (Wildman–Crippen MR) is 127 cm³/mol. The summed E-state index contributed by atoms with van der Waals surface area (Å²) in [6.45, 7) is 3.50. The zero-order valence-corrected chi connectivity index (χ0v) is 19.9. The largest absolute Gasteiger partial charge is 0.493 e. The van der Waals surface area contributed by atoms with Gasteiger partial charge in [0.2, 0.25) is 11.8 Å². The molecule has 2 aliphatic heterocycles. The van der Waals surface area contributed by atoms with Crippen molar-refractivity contribution >= 4 is 11.8 Å². The van der Waals surface area contributed by atoms with Gasteiger partial charge in [-0.1, -0.05) is 12.1 Å². The Kier molecular flexibility index (Phi) is 8.33. The van der Waals surface area contributed by atoms with E-state index in [2.05, 4.69) is 0 Å². The number of amides is 2. The fourth-order valence-electron chi connectivity index (χ4n) is 4.81.